The zero-order valence-electron chi connectivity index (χ0n) is 17.2. The molecule has 4 nitrogen and oxygen atoms in total. The van der Waals surface area contributed by atoms with Crippen LogP contribution in [0.3, 0.4) is 0 Å². The van der Waals surface area contributed by atoms with Crippen molar-refractivity contribution >= 4 is 11.6 Å². The summed E-state index contributed by atoms with van der Waals surface area (Å²) in [4.78, 5) is 14.6. The first kappa shape index (κ1) is 19.3. The molecule has 0 saturated heterocycles. The van der Waals surface area contributed by atoms with Crippen molar-refractivity contribution in [2.24, 2.45) is 0 Å². The van der Waals surface area contributed by atoms with Gasteiger partial charge >= 0.3 is 0 Å². The number of hydrogen-bond donors (Lipinski definition) is 0. The minimum Gasteiger partial charge on any atom is -0.496 e. The number of amides is 1. The van der Waals surface area contributed by atoms with Gasteiger partial charge < -0.3 is 14.4 Å². The van der Waals surface area contributed by atoms with Gasteiger partial charge in [0.05, 0.1) is 26.2 Å². The van der Waals surface area contributed by atoms with Crippen LogP contribution in [-0.2, 0) is 17.6 Å². The Morgan fingerprint density at radius 1 is 1.07 bits per heavy atom. The molecule has 2 aromatic carbocycles. The second kappa shape index (κ2) is 7.63. The highest BCUT2D eigenvalue weighted by molar-refractivity contribution is 6.05. The molecule has 144 valence electrons. The number of methoxy groups -OCH3 is 2. The molecule has 4 heteroatoms. The van der Waals surface area contributed by atoms with E-state index in [0.717, 1.165) is 52.3 Å². The maximum Gasteiger partial charge on any atom is 0.231 e. The van der Waals surface area contributed by atoms with E-state index < -0.39 is 0 Å². The lowest BCUT2D eigenvalue weighted by Gasteiger charge is -2.23. The quantitative estimate of drug-likeness (QED) is 0.727. The third-order valence-corrected chi connectivity index (χ3v) is 5.22. The van der Waals surface area contributed by atoms with E-state index in [1.54, 1.807) is 14.2 Å². The molecule has 0 aromatic heterocycles. The molecule has 2 aromatic rings. The molecule has 0 radical (unpaired) electrons. The van der Waals surface area contributed by atoms with Gasteiger partial charge in [-0.1, -0.05) is 19.4 Å². The maximum absolute atomic E-state index is 12.7. The van der Waals surface area contributed by atoms with Gasteiger partial charge in [-0.15, -0.1) is 0 Å². The Balaban J connectivity index is 2.28. The van der Waals surface area contributed by atoms with Crippen LogP contribution in [0.5, 0.6) is 11.5 Å². The Kier molecular flexibility index (Phi) is 5.45. The number of carbonyl (C=O) groups is 1. The molecule has 27 heavy (non-hydrogen) atoms. The summed E-state index contributed by atoms with van der Waals surface area (Å²) in [5.74, 6) is 1.74. The lowest BCUT2D eigenvalue weighted by Crippen LogP contribution is -2.33. The van der Waals surface area contributed by atoms with Crippen LogP contribution in [0.1, 0.15) is 43.9 Å². The summed E-state index contributed by atoms with van der Waals surface area (Å²) < 4.78 is 11.5. The van der Waals surface area contributed by atoms with Gasteiger partial charge in [0.25, 0.3) is 0 Å². The zero-order chi connectivity index (χ0) is 19.7. The number of anilines is 1. The molecule has 0 aliphatic carbocycles. The van der Waals surface area contributed by atoms with Crippen LogP contribution in [0.2, 0.25) is 0 Å². The van der Waals surface area contributed by atoms with Gasteiger partial charge in [0.2, 0.25) is 5.91 Å². The smallest absolute Gasteiger partial charge is 0.231 e. The number of nitrogens with zero attached hydrogens (tertiary/aromatic N) is 1. The van der Waals surface area contributed by atoms with Gasteiger partial charge in [0.15, 0.2) is 0 Å². The number of aryl methyl sites for hydroxylation is 2. The minimum atomic E-state index is 0.130. The molecule has 3 rings (SSSR count). The Bertz CT molecular complexity index is 845. The summed E-state index contributed by atoms with van der Waals surface area (Å²) in [5.41, 5.74) is 6.37. The number of carbonyl (C=O) groups excluding carboxylic acids is 1. The Labute approximate surface area is 162 Å². The highest BCUT2D eigenvalue weighted by Crippen LogP contribution is 2.47. The van der Waals surface area contributed by atoms with Crippen molar-refractivity contribution in [1.82, 2.24) is 0 Å². The molecule has 1 aliphatic heterocycles. The fraction of sp³-hybridized carbons (Fsp3) is 0.435. The summed E-state index contributed by atoms with van der Waals surface area (Å²) in [7, 11) is 3.39. The number of ether oxygens (including phenoxy) is 2. The summed E-state index contributed by atoms with van der Waals surface area (Å²) >= 11 is 0. The average molecular weight is 367 g/mol. The van der Waals surface area contributed by atoms with Crippen molar-refractivity contribution in [1.29, 1.82) is 0 Å². The largest absolute Gasteiger partial charge is 0.496 e. The zero-order valence-corrected chi connectivity index (χ0v) is 17.2. The summed E-state index contributed by atoms with van der Waals surface area (Å²) in [5, 5.41) is 0. The molecule has 0 unspecified atom stereocenters. The molecule has 0 bridgehead atoms. The molecule has 0 N–H and O–H groups in total. The number of benzene rings is 2. The van der Waals surface area contributed by atoms with E-state index in [9.17, 15) is 4.79 Å². The standard InChI is InChI=1S/C23H29NO3/c1-7-8-16-11-19(26-5)23(20(12-16)27-6)22-15(4)9-10-18-17(22)13-21(25)24(18)14(2)3/h9-12,14H,7-8,13H2,1-6H3. The third-order valence-electron chi connectivity index (χ3n) is 5.22. The number of fused-ring (bicyclic) bond motifs is 1. The summed E-state index contributed by atoms with van der Waals surface area (Å²) in [6.45, 7) is 8.34. The second-order valence-corrected chi connectivity index (χ2v) is 7.41. The molecule has 0 spiro atoms. The predicted octanol–water partition coefficient (Wildman–Crippen LogP) is 4.93. The van der Waals surface area contributed by atoms with Crippen LogP contribution < -0.4 is 14.4 Å². The maximum atomic E-state index is 12.7. The number of hydrogen-bond acceptors (Lipinski definition) is 3. The van der Waals surface area contributed by atoms with Gasteiger partial charge in [0, 0.05) is 11.7 Å². The van der Waals surface area contributed by atoms with Crippen molar-refractivity contribution in [2.75, 3.05) is 19.1 Å². The molecule has 0 saturated carbocycles. The van der Waals surface area contributed by atoms with Gasteiger partial charge in [-0.3, -0.25) is 4.79 Å². The van der Waals surface area contributed by atoms with E-state index in [2.05, 4.69) is 38.1 Å². The SMILES string of the molecule is CCCc1cc(OC)c(-c2c(C)ccc3c2CC(=O)N3C(C)C)c(OC)c1. The van der Waals surface area contributed by atoms with E-state index >= 15 is 0 Å². The van der Waals surface area contributed by atoms with Crippen LogP contribution in [0.25, 0.3) is 11.1 Å². The Hall–Kier alpha value is -2.49. The van der Waals surface area contributed by atoms with E-state index in [0.29, 0.717) is 6.42 Å². The number of rotatable bonds is 6. The van der Waals surface area contributed by atoms with Crippen LogP contribution in [0.15, 0.2) is 24.3 Å². The molecule has 1 aliphatic rings. The molecule has 0 atom stereocenters. The van der Waals surface area contributed by atoms with Gasteiger partial charge in [0.1, 0.15) is 11.5 Å². The lowest BCUT2D eigenvalue weighted by molar-refractivity contribution is -0.117. The first-order valence-corrected chi connectivity index (χ1v) is 9.62. The lowest BCUT2D eigenvalue weighted by atomic mass is 9.90. The van der Waals surface area contributed by atoms with Crippen molar-refractivity contribution in [2.45, 2.75) is 53.0 Å². The summed E-state index contributed by atoms with van der Waals surface area (Å²) in [6, 6.07) is 8.46. The van der Waals surface area contributed by atoms with Crippen molar-refractivity contribution in [3.63, 3.8) is 0 Å². The van der Waals surface area contributed by atoms with Crippen molar-refractivity contribution in [3.05, 3.63) is 41.0 Å². The molecular weight excluding hydrogens is 338 g/mol. The average Bonchev–Trinajstić information content (AvgIpc) is 2.97. The highest BCUT2D eigenvalue weighted by Gasteiger charge is 2.33. The van der Waals surface area contributed by atoms with Crippen molar-refractivity contribution < 1.29 is 14.3 Å². The van der Waals surface area contributed by atoms with E-state index in [1.807, 2.05) is 18.7 Å². The summed E-state index contributed by atoms with van der Waals surface area (Å²) in [6.07, 6.45) is 2.44. The van der Waals surface area contributed by atoms with Crippen LogP contribution >= 0.6 is 0 Å². The fourth-order valence-electron chi connectivity index (χ4n) is 4.09. The second-order valence-electron chi connectivity index (χ2n) is 7.41. The van der Waals surface area contributed by atoms with E-state index in [-0.39, 0.29) is 11.9 Å². The van der Waals surface area contributed by atoms with Gasteiger partial charge in [-0.05, 0) is 67.6 Å². The molecule has 1 heterocycles. The molecule has 1 amide bonds. The fourth-order valence-corrected chi connectivity index (χ4v) is 4.09. The van der Waals surface area contributed by atoms with Crippen LogP contribution in [0, 0.1) is 6.92 Å². The van der Waals surface area contributed by atoms with E-state index in [4.69, 9.17) is 9.47 Å². The van der Waals surface area contributed by atoms with Crippen LogP contribution in [-0.4, -0.2) is 26.2 Å². The molecule has 0 fully saturated rings. The first-order chi connectivity index (χ1) is 12.9. The monoisotopic (exact) mass is 367 g/mol. The topological polar surface area (TPSA) is 38.8 Å². The highest BCUT2D eigenvalue weighted by atomic mass is 16.5. The minimum absolute atomic E-state index is 0.130. The first-order valence-electron chi connectivity index (χ1n) is 9.62. The molecular formula is C23H29NO3. The van der Waals surface area contributed by atoms with Crippen LogP contribution in [0.4, 0.5) is 5.69 Å². The normalized spacial score (nSPS) is 13.3. The predicted molar refractivity (Wildman–Crippen MR) is 110 cm³/mol. The van der Waals surface area contributed by atoms with Gasteiger partial charge in [-0.25, -0.2) is 0 Å². The van der Waals surface area contributed by atoms with Crippen molar-refractivity contribution in [3.8, 4) is 22.6 Å². The third kappa shape index (κ3) is 3.29. The Morgan fingerprint density at radius 3 is 2.22 bits per heavy atom. The van der Waals surface area contributed by atoms with E-state index in [1.165, 1.54) is 5.56 Å². The van der Waals surface area contributed by atoms with Gasteiger partial charge in [-0.2, -0.15) is 0 Å². The Morgan fingerprint density at radius 2 is 1.70 bits per heavy atom.